The number of aryl methyl sites for hydroxylation is 1. The van der Waals surface area contributed by atoms with Gasteiger partial charge in [-0.15, -0.1) is 11.3 Å². The van der Waals surface area contributed by atoms with E-state index in [1.54, 1.807) is 0 Å². The van der Waals surface area contributed by atoms with E-state index in [4.69, 9.17) is 10.8 Å². The molecule has 0 radical (unpaired) electrons. The molecule has 4 N–H and O–H groups in total. The second kappa shape index (κ2) is 4.72. The van der Waals surface area contributed by atoms with Crippen LogP contribution in [0.25, 0.3) is 0 Å². The molecule has 0 bridgehead atoms. The van der Waals surface area contributed by atoms with E-state index in [1.165, 1.54) is 11.3 Å². The van der Waals surface area contributed by atoms with Crippen molar-refractivity contribution in [3.8, 4) is 0 Å². The molecule has 2 unspecified atom stereocenters. The van der Waals surface area contributed by atoms with E-state index in [9.17, 15) is 5.11 Å². The van der Waals surface area contributed by atoms with Crippen LogP contribution in [0.5, 0.6) is 0 Å². The molecule has 0 aromatic carbocycles. The maximum absolute atomic E-state index is 9.71. The van der Waals surface area contributed by atoms with Crippen LogP contribution in [0.4, 0.5) is 0 Å². The van der Waals surface area contributed by atoms with Crippen molar-refractivity contribution >= 4 is 11.3 Å². The van der Waals surface area contributed by atoms with Gasteiger partial charge in [-0.05, 0) is 25.5 Å². The Morgan fingerprint density at radius 3 is 2.69 bits per heavy atom. The summed E-state index contributed by atoms with van der Waals surface area (Å²) in [5.74, 6) is 0. The summed E-state index contributed by atoms with van der Waals surface area (Å²) < 4.78 is 0. The molecule has 1 aromatic rings. The molecule has 0 aliphatic heterocycles. The highest BCUT2D eigenvalue weighted by Crippen LogP contribution is 2.25. The van der Waals surface area contributed by atoms with Crippen molar-refractivity contribution < 1.29 is 10.2 Å². The molecule has 74 valence electrons. The normalized spacial score (nSPS) is 15.7. The number of hydrogen-bond acceptors (Lipinski definition) is 4. The molecule has 1 aromatic heterocycles. The molecule has 0 spiro atoms. The molecule has 13 heavy (non-hydrogen) atoms. The smallest absolute Gasteiger partial charge is 0.103 e. The maximum atomic E-state index is 9.71. The first kappa shape index (κ1) is 10.7. The van der Waals surface area contributed by atoms with Crippen molar-refractivity contribution in [2.24, 2.45) is 5.73 Å². The second-order valence-electron chi connectivity index (χ2n) is 3.07. The number of thiophene rings is 1. The van der Waals surface area contributed by atoms with Crippen molar-refractivity contribution in [2.45, 2.75) is 25.5 Å². The predicted octanol–water partition coefficient (Wildman–Crippen LogP) is 0.800. The van der Waals surface area contributed by atoms with Crippen LogP contribution in [0.2, 0.25) is 0 Å². The van der Waals surface area contributed by atoms with Crippen molar-refractivity contribution in [1.82, 2.24) is 0 Å². The number of nitrogens with two attached hydrogens (primary N) is 1. The molecule has 0 aliphatic carbocycles. The lowest BCUT2D eigenvalue weighted by Gasteiger charge is -2.15. The lowest BCUT2D eigenvalue weighted by atomic mass is 10.1. The predicted molar refractivity (Wildman–Crippen MR) is 53.7 cm³/mol. The SMILES string of the molecule is Cc1ccc(C(O)C(N)CCO)s1. The minimum Gasteiger partial charge on any atom is -0.396 e. The van der Waals surface area contributed by atoms with Gasteiger partial charge in [-0.2, -0.15) is 0 Å². The Morgan fingerprint density at radius 1 is 1.54 bits per heavy atom. The molecular formula is C9H15NO2S. The summed E-state index contributed by atoms with van der Waals surface area (Å²) >= 11 is 1.54. The second-order valence-corrected chi connectivity index (χ2v) is 4.39. The van der Waals surface area contributed by atoms with Crippen molar-refractivity contribution in [3.05, 3.63) is 21.9 Å². The first-order chi connectivity index (χ1) is 6.15. The molecule has 2 atom stereocenters. The molecule has 0 saturated carbocycles. The number of aliphatic hydroxyl groups excluding tert-OH is 2. The molecule has 4 heteroatoms. The first-order valence-electron chi connectivity index (χ1n) is 4.26. The molecule has 0 saturated heterocycles. The first-order valence-corrected chi connectivity index (χ1v) is 5.07. The Balaban J connectivity index is 2.61. The molecule has 1 rings (SSSR count). The monoisotopic (exact) mass is 201 g/mol. The van der Waals surface area contributed by atoms with Crippen molar-refractivity contribution in [3.63, 3.8) is 0 Å². The van der Waals surface area contributed by atoms with E-state index in [0.29, 0.717) is 6.42 Å². The van der Waals surface area contributed by atoms with Gasteiger partial charge in [0.05, 0.1) is 0 Å². The molecule has 0 aliphatic rings. The third-order valence-corrected chi connectivity index (χ3v) is 2.99. The van der Waals surface area contributed by atoms with Gasteiger partial charge in [0.1, 0.15) is 6.10 Å². The largest absolute Gasteiger partial charge is 0.396 e. The standard InChI is InChI=1S/C9H15NO2S/c1-6-2-3-8(13-6)9(12)7(10)4-5-11/h2-3,7,9,11-12H,4-5,10H2,1H3. The summed E-state index contributed by atoms with van der Waals surface area (Å²) in [6.07, 6.45) is -0.219. The third kappa shape index (κ3) is 2.77. The summed E-state index contributed by atoms with van der Waals surface area (Å²) in [5, 5.41) is 18.4. The Bertz CT molecular complexity index is 262. The van der Waals surface area contributed by atoms with Crippen LogP contribution in [0.1, 0.15) is 22.3 Å². The quantitative estimate of drug-likeness (QED) is 0.675. The summed E-state index contributed by atoms with van der Waals surface area (Å²) in [4.78, 5) is 2.03. The Labute approximate surface area is 81.8 Å². The zero-order valence-electron chi connectivity index (χ0n) is 7.60. The van der Waals surface area contributed by atoms with Crippen LogP contribution in [0, 0.1) is 6.92 Å². The van der Waals surface area contributed by atoms with Crippen LogP contribution in [0.15, 0.2) is 12.1 Å². The zero-order chi connectivity index (χ0) is 9.84. The van der Waals surface area contributed by atoms with E-state index in [2.05, 4.69) is 0 Å². The van der Waals surface area contributed by atoms with Crippen molar-refractivity contribution in [2.75, 3.05) is 6.61 Å². The van der Waals surface area contributed by atoms with Gasteiger partial charge < -0.3 is 15.9 Å². The van der Waals surface area contributed by atoms with Gasteiger partial charge in [0.15, 0.2) is 0 Å². The van der Waals surface area contributed by atoms with Crippen LogP contribution < -0.4 is 5.73 Å². The van der Waals surface area contributed by atoms with E-state index >= 15 is 0 Å². The fourth-order valence-corrected chi connectivity index (χ4v) is 2.07. The third-order valence-electron chi connectivity index (χ3n) is 1.92. The van der Waals surface area contributed by atoms with Gasteiger partial charge in [0.2, 0.25) is 0 Å². The Morgan fingerprint density at radius 2 is 2.23 bits per heavy atom. The van der Waals surface area contributed by atoms with Gasteiger partial charge >= 0.3 is 0 Å². The maximum Gasteiger partial charge on any atom is 0.103 e. The topological polar surface area (TPSA) is 66.5 Å². The van der Waals surface area contributed by atoms with Crippen LogP contribution >= 0.6 is 11.3 Å². The highest BCUT2D eigenvalue weighted by atomic mass is 32.1. The lowest BCUT2D eigenvalue weighted by Crippen LogP contribution is -2.28. The molecular weight excluding hydrogens is 186 g/mol. The van der Waals surface area contributed by atoms with Gasteiger partial charge in [0, 0.05) is 22.4 Å². The Hall–Kier alpha value is -0.420. The molecule has 0 fully saturated rings. The fourth-order valence-electron chi connectivity index (χ4n) is 1.13. The highest BCUT2D eigenvalue weighted by molar-refractivity contribution is 7.12. The van der Waals surface area contributed by atoms with Crippen molar-refractivity contribution in [1.29, 1.82) is 0 Å². The fraction of sp³-hybridized carbons (Fsp3) is 0.556. The van der Waals surface area contributed by atoms with E-state index < -0.39 is 6.10 Å². The Kier molecular flexibility index (Phi) is 3.87. The average molecular weight is 201 g/mol. The van der Waals surface area contributed by atoms with Crippen LogP contribution in [0.3, 0.4) is 0 Å². The summed E-state index contributed by atoms with van der Waals surface area (Å²) in [6, 6.07) is 3.46. The summed E-state index contributed by atoms with van der Waals surface area (Å²) in [5.41, 5.74) is 5.67. The van der Waals surface area contributed by atoms with E-state index in [-0.39, 0.29) is 12.6 Å². The summed E-state index contributed by atoms with van der Waals surface area (Å²) in [7, 11) is 0. The highest BCUT2D eigenvalue weighted by Gasteiger charge is 2.17. The number of hydrogen-bond donors (Lipinski definition) is 3. The molecule has 1 heterocycles. The van der Waals surface area contributed by atoms with Crippen LogP contribution in [-0.2, 0) is 0 Å². The molecule has 0 amide bonds. The number of aliphatic hydroxyl groups is 2. The minimum absolute atomic E-state index is 0.0165. The van der Waals surface area contributed by atoms with E-state index in [1.807, 2.05) is 19.1 Å². The minimum atomic E-state index is -0.647. The summed E-state index contributed by atoms with van der Waals surface area (Å²) in [6.45, 7) is 2.00. The van der Waals surface area contributed by atoms with Gasteiger partial charge in [-0.3, -0.25) is 0 Å². The van der Waals surface area contributed by atoms with Crippen LogP contribution in [-0.4, -0.2) is 22.9 Å². The van der Waals surface area contributed by atoms with Gasteiger partial charge in [0.25, 0.3) is 0 Å². The number of rotatable bonds is 4. The lowest BCUT2D eigenvalue weighted by molar-refractivity contribution is 0.132. The van der Waals surface area contributed by atoms with Gasteiger partial charge in [-0.1, -0.05) is 0 Å². The molecule has 3 nitrogen and oxygen atoms in total. The van der Waals surface area contributed by atoms with E-state index in [0.717, 1.165) is 9.75 Å². The average Bonchev–Trinajstić information content (AvgIpc) is 2.51. The zero-order valence-corrected chi connectivity index (χ0v) is 8.42. The van der Waals surface area contributed by atoms with Gasteiger partial charge in [-0.25, -0.2) is 0 Å².